The molecule has 1 saturated heterocycles. The lowest BCUT2D eigenvalue weighted by Gasteiger charge is -2.29. The van der Waals surface area contributed by atoms with Crippen molar-refractivity contribution in [2.75, 3.05) is 27.8 Å². The van der Waals surface area contributed by atoms with E-state index in [4.69, 9.17) is 9.53 Å². The van der Waals surface area contributed by atoms with Crippen LogP contribution in [0.5, 0.6) is 0 Å². The Morgan fingerprint density at radius 2 is 1.90 bits per heavy atom. The third kappa shape index (κ3) is 8.02. The van der Waals surface area contributed by atoms with E-state index in [1.807, 2.05) is 25.7 Å². The maximum Gasteiger partial charge on any atom is 0.292 e. The molecule has 0 aromatic rings. The fraction of sp³-hybridized carbons (Fsp3) is 0.867. The van der Waals surface area contributed by atoms with Gasteiger partial charge in [-0.25, -0.2) is 0 Å². The van der Waals surface area contributed by atoms with Gasteiger partial charge in [0.2, 0.25) is 5.91 Å². The smallest absolute Gasteiger partial charge is 0.292 e. The molecule has 1 aliphatic rings. The van der Waals surface area contributed by atoms with Crippen LogP contribution in [-0.2, 0) is 19.1 Å². The van der Waals surface area contributed by atoms with Crippen molar-refractivity contribution < 1.29 is 19.1 Å². The first-order chi connectivity index (χ1) is 10.0. The molecule has 6 heteroatoms. The van der Waals surface area contributed by atoms with Crippen molar-refractivity contribution in [3.05, 3.63) is 0 Å². The molecule has 1 amide bonds. The zero-order chi connectivity index (χ0) is 16.8. The van der Waals surface area contributed by atoms with Crippen molar-refractivity contribution in [1.29, 1.82) is 0 Å². The molecule has 0 saturated carbocycles. The van der Waals surface area contributed by atoms with Crippen LogP contribution in [0.4, 0.5) is 0 Å². The molecule has 1 unspecified atom stereocenters. The SMILES string of the molecule is CC.CN[C@H](C(=O)N1CCCC1C)[C@@H](C)OC.COC=O. The van der Waals surface area contributed by atoms with Crippen LogP contribution < -0.4 is 5.32 Å². The van der Waals surface area contributed by atoms with E-state index in [1.54, 1.807) is 14.2 Å². The molecular weight excluding hydrogens is 272 g/mol. The van der Waals surface area contributed by atoms with Crippen LogP contribution in [0, 0.1) is 0 Å². The molecule has 6 nitrogen and oxygen atoms in total. The number of carbonyl (C=O) groups is 2. The summed E-state index contributed by atoms with van der Waals surface area (Å²) in [7, 11) is 4.75. The summed E-state index contributed by atoms with van der Waals surface area (Å²) in [5, 5.41) is 3.03. The number of nitrogens with zero attached hydrogens (tertiary/aromatic N) is 1. The molecule has 0 radical (unpaired) electrons. The molecule has 1 aliphatic heterocycles. The molecule has 1 heterocycles. The largest absolute Gasteiger partial charge is 0.471 e. The first-order valence-electron chi connectivity index (χ1n) is 7.50. The first-order valence-corrected chi connectivity index (χ1v) is 7.50. The number of hydrogen-bond acceptors (Lipinski definition) is 5. The number of methoxy groups -OCH3 is 2. The molecule has 0 aromatic heterocycles. The van der Waals surface area contributed by atoms with Crippen molar-refractivity contribution in [2.45, 2.75) is 58.7 Å². The van der Waals surface area contributed by atoms with Gasteiger partial charge in [-0.1, -0.05) is 13.8 Å². The highest BCUT2D eigenvalue weighted by molar-refractivity contribution is 5.83. The minimum atomic E-state index is -0.226. The molecule has 0 spiro atoms. The standard InChI is InChI=1S/C11H22N2O2.C2H4O2.C2H6/c1-8-6-5-7-13(8)11(14)10(12-3)9(2)15-4;1-4-2-3;1-2/h8-10,12H,5-7H2,1-4H3;2H,1H3;1-2H3/t8?,9-,10+;;/m1../s1. The Labute approximate surface area is 129 Å². The van der Waals surface area contributed by atoms with Gasteiger partial charge in [-0.15, -0.1) is 0 Å². The average Bonchev–Trinajstić information content (AvgIpc) is 2.95. The molecule has 0 aliphatic carbocycles. The van der Waals surface area contributed by atoms with E-state index in [-0.39, 0.29) is 18.1 Å². The Bertz CT molecular complexity index is 274. The van der Waals surface area contributed by atoms with Gasteiger partial charge in [-0.05, 0) is 33.7 Å². The fourth-order valence-electron chi connectivity index (χ4n) is 2.13. The van der Waals surface area contributed by atoms with E-state index >= 15 is 0 Å². The van der Waals surface area contributed by atoms with Crippen LogP contribution in [0.25, 0.3) is 0 Å². The summed E-state index contributed by atoms with van der Waals surface area (Å²) in [6, 6.07) is 0.146. The lowest BCUT2D eigenvalue weighted by Crippen LogP contribution is -2.52. The molecule has 3 atom stereocenters. The molecule has 0 bridgehead atoms. The maximum atomic E-state index is 12.2. The highest BCUT2D eigenvalue weighted by atomic mass is 16.5. The van der Waals surface area contributed by atoms with Crippen LogP contribution in [0.1, 0.15) is 40.5 Å². The van der Waals surface area contributed by atoms with Gasteiger partial charge in [0.05, 0.1) is 13.2 Å². The summed E-state index contributed by atoms with van der Waals surface area (Å²) < 4.78 is 9.07. The minimum absolute atomic E-state index is 0.0877. The zero-order valence-corrected chi connectivity index (χ0v) is 14.5. The maximum absolute atomic E-state index is 12.2. The Balaban J connectivity index is 0. The zero-order valence-electron chi connectivity index (χ0n) is 14.5. The summed E-state index contributed by atoms with van der Waals surface area (Å²) >= 11 is 0. The van der Waals surface area contributed by atoms with Gasteiger partial charge in [0.25, 0.3) is 6.47 Å². The van der Waals surface area contributed by atoms with Crippen LogP contribution in [0.3, 0.4) is 0 Å². The number of amides is 1. The number of carbonyl (C=O) groups excluding carboxylic acids is 2. The number of rotatable bonds is 5. The molecule has 1 N–H and O–H groups in total. The number of likely N-dealkylation sites (N-methyl/N-ethyl adjacent to an activating group) is 1. The Morgan fingerprint density at radius 1 is 1.38 bits per heavy atom. The van der Waals surface area contributed by atoms with E-state index in [0.29, 0.717) is 12.5 Å². The van der Waals surface area contributed by atoms with E-state index in [0.717, 1.165) is 19.4 Å². The summed E-state index contributed by atoms with van der Waals surface area (Å²) in [6.45, 7) is 9.28. The first kappa shape index (κ1) is 22.1. The molecule has 126 valence electrons. The fourth-order valence-corrected chi connectivity index (χ4v) is 2.13. The number of nitrogens with one attached hydrogen (secondary N) is 1. The van der Waals surface area contributed by atoms with Crippen LogP contribution in [0.15, 0.2) is 0 Å². The second-order valence-corrected chi connectivity index (χ2v) is 4.56. The second kappa shape index (κ2) is 13.8. The van der Waals surface area contributed by atoms with Crippen LogP contribution in [-0.4, -0.2) is 63.3 Å². The molecule has 0 aromatic carbocycles. The van der Waals surface area contributed by atoms with Crippen molar-refractivity contribution >= 4 is 12.4 Å². The van der Waals surface area contributed by atoms with Gasteiger partial charge in [0, 0.05) is 19.7 Å². The van der Waals surface area contributed by atoms with Crippen molar-refractivity contribution in [1.82, 2.24) is 10.2 Å². The highest BCUT2D eigenvalue weighted by Gasteiger charge is 2.32. The normalized spacial score (nSPS) is 19.4. The second-order valence-electron chi connectivity index (χ2n) is 4.56. The van der Waals surface area contributed by atoms with Crippen LogP contribution >= 0.6 is 0 Å². The summed E-state index contributed by atoms with van der Waals surface area (Å²) in [4.78, 5) is 23.1. The predicted molar refractivity (Wildman–Crippen MR) is 84.1 cm³/mol. The lowest BCUT2D eigenvalue weighted by atomic mass is 10.1. The van der Waals surface area contributed by atoms with Gasteiger partial charge in [0.15, 0.2) is 0 Å². The van der Waals surface area contributed by atoms with Crippen molar-refractivity contribution in [3.8, 4) is 0 Å². The van der Waals surface area contributed by atoms with E-state index in [2.05, 4.69) is 17.0 Å². The van der Waals surface area contributed by atoms with Crippen LogP contribution in [0.2, 0.25) is 0 Å². The Kier molecular flexibility index (Phi) is 14.6. The van der Waals surface area contributed by atoms with Gasteiger partial charge >= 0.3 is 0 Å². The number of likely N-dealkylation sites (tertiary alicyclic amines) is 1. The predicted octanol–water partition coefficient (Wildman–Crippen LogP) is 1.44. The minimum Gasteiger partial charge on any atom is -0.471 e. The average molecular weight is 304 g/mol. The monoisotopic (exact) mass is 304 g/mol. The number of ether oxygens (including phenoxy) is 2. The summed E-state index contributed by atoms with van der Waals surface area (Å²) in [6.07, 6.45) is 2.14. The van der Waals surface area contributed by atoms with E-state index in [1.165, 1.54) is 7.11 Å². The van der Waals surface area contributed by atoms with Crippen molar-refractivity contribution in [3.63, 3.8) is 0 Å². The van der Waals surface area contributed by atoms with Gasteiger partial charge in [-0.2, -0.15) is 0 Å². The van der Waals surface area contributed by atoms with Crippen molar-refractivity contribution in [2.24, 2.45) is 0 Å². The lowest BCUT2D eigenvalue weighted by molar-refractivity contribution is -0.137. The highest BCUT2D eigenvalue weighted by Crippen LogP contribution is 2.18. The quantitative estimate of drug-likeness (QED) is 0.778. The van der Waals surface area contributed by atoms with Gasteiger partial charge in [0.1, 0.15) is 6.04 Å². The van der Waals surface area contributed by atoms with E-state index in [9.17, 15) is 4.79 Å². The van der Waals surface area contributed by atoms with Gasteiger partial charge < -0.3 is 19.7 Å². The Morgan fingerprint density at radius 3 is 2.19 bits per heavy atom. The molecule has 21 heavy (non-hydrogen) atoms. The third-order valence-corrected chi connectivity index (χ3v) is 3.35. The molecular formula is C15H32N2O4. The van der Waals surface area contributed by atoms with E-state index < -0.39 is 0 Å². The van der Waals surface area contributed by atoms with Gasteiger partial charge in [-0.3, -0.25) is 9.59 Å². The number of hydrogen-bond donors (Lipinski definition) is 1. The molecule has 1 rings (SSSR count). The summed E-state index contributed by atoms with van der Waals surface area (Å²) in [5.74, 6) is 0.164. The topological polar surface area (TPSA) is 67.9 Å². The molecule has 1 fully saturated rings. The summed E-state index contributed by atoms with van der Waals surface area (Å²) in [5.41, 5.74) is 0. The third-order valence-electron chi connectivity index (χ3n) is 3.35. The Hall–Kier alpha value is -1.14.